The van der Waals surface area contributed by atoms with E-state index in [0.29, 0.717) is 0 Å². The second-order valence-corrected chi connectivity index (χ2v) is 3.65. The Labute approximate surface area is 102 Å². The number of benzene rings is 1. The van der Waals surface area contributed by atoms with Crippen LogP contribution in [0, 0.1) is 21.4 Å². The molecule has 0 aliphatic carbocycles. The molecule has 0 aliphatic rings. The van der Waals surface area contributed by atoms with Crippen LogP contribution < -0.4 is 5.32 Å². The zero-order chi connectivity index (χ0) is 13.0. The monoisotopic (exact) mass is 253 g/mol. The first-order chi connectivity index (χ1) is 7.95. The topological polar surface area (TPSA) is 96.0 Å². The number of rotatable bonds is 3. The molecule has 0 bridgehead atoms. The van der Waals surface area contributed by atoms with Crippen LogP contribution >= 0.6 is 11.6 Å². The van der Waals surface area contributed by atoms with E-state index in [1.807, 2.05) is 6.07 Å². The van der Waals surface area contributed by atoms with Crippen LogP contribution in [0.25, 0.3) is 0 Å². The molecule has 17 heavy (non-hydrogen) atoms. The van der Waals surface area contributed by atoms with Crippen molar-refractivity contribution < 1.29 is 9.72 Å². The van der Waals surface area contributed by atoms with Gasteiger partial charge in [0.25, 0.3) is 11.6 Å². The first kappa shape index (κ1) is 12.9. The second kappa shape index (κ2) is 5.27. The van der Waals surface area contributed by atoms with Crippen LogP contribution in [0.3, 0.4) is 0 Å². The lowest BCUT2D eigenvalue weighted by Gasteiger charge is -2.06. The lowest BCUT2D eigenvalue weighted by atomic mass is 10.2. The predicted molar refractivity (Wildman–Crippen MR) is 60.6 cm³/mol. The van der Waals surface area contributed by atoms with Crippen molar-refractivity contribution in [1.82, 2.24) is 5.32 Å². The molecule has 1 atom stereocenters. The van der Waals surface area contributed by atoms with E-state index in [2.05, 4.69) is 5.32 Å². The minimum Gasteiger partial charge on any atom is -0.337 e. The maximum atomic E-state index is 11.6. The molecule has 0 fully saturated rings. The SMILES string of the molecule is CC(C#N)NC(=O)c1ccc(Cl)c([N+](=O)[O-])c1. The lowest BCUT2D eigenvalue weighted by molar-refractivity contribution is -0.384. The van der Waals surface area contributed by atoms with Gasteiger partial charge in [0.1, 0.15) is 11.1 Å². The summed E-state index contributed by atoms with van der Waals surface area (Å²) in [6.45, 7) is 1.50. The Morgan fingerprint density at radius 3 is 2.82 bits per heavy atom. The zero-order valence-electron chi connectivity index (χ0n) is 8.81. The van der Waals surface area contributed by atoms with Crippen molar-refractivity contribution in [2.75, 3.05) is 0 Å². The van der Waals surface area contributed by atoms with Crippen molar-refractivity contribution in [2.24, 2.45) is 0 Å². The van der Waals surface area contributed by atoms with E-state index in [1.54, 1.807) is 0 Å². The standard InChI is InChI=1S/C10H8ClN3O3/c1-6(5-12)13-10(15)7-2-3-8(11)9(4-7)14(16)17/h2-4,6H,1H3,(H,13,15). The highest BCUT2D eigenvalue weighted by atomic mass is 35.5. The number of hydrogen-bond acceptors (Lipinski definition) is 4. The molecule has 1 aromatic rings. The summed E-state index contributed by atoms with van der Waals surface area (Å²) < 4.78 is 0. The lowest BCUT2D eigenvalue weighted by Crippen LogP contribution is -2.31. The number of nitrogens with one attached hydrogen (secondary N) is 1. The third-order valence-corrected chi connectivity index (χ3v) is 2.27. The molecule has 0 saturated heterocycles. The highest BCUT2D eigenvalue weighted by Crippen LogP contribution is 2.24. The van der Waals surface area contributed by atoms with Gasteiger partial charge in [-0.2, -0.15) is 5.26 Å². The molecule has 0 aliphatic heterocycles. The molecule has 6 nitrogen and oxygen atoms in total. The Bertz CT molecular complexity index is 510. The van der Waals surface area contributed by atoms with Gasteiger partial charge in [0.2, 0.25) is 0 Å². The molecule has 0 heterocycles. The number of nitro groups is 1. The molecule has 1 N–H and O–H groups in total. The van der Waals surface area contributed by atoms with E-state index in [1.165, 1.54) is 19.1 Å². The van der Waals surface area contributed by atoms with Gasteiger partial charge >= 0.3 is 0 Å². The maximum Gasteiger partial charge on any atom is 0.288 e. The van der Waals surface area contributed by atoms with Gasteiger partial charge in [0.05, 0.1) is 11.0 Å². The van der Waals surface area contributed by atoms with Crippen LogP contribution in [-0.2, 0) is 0 Å². The Morgan fingerprint density at radius 2 is 2.29 bits per heavy atom. The normalized spacial score (nSPS) is 11.4. The molecule has 7 heteroatoms. The first-order valence-corrected chi connectivity index (χ1v) is 4.98. The number of nitrogens with zero attached hydrogens (tertiary/aromatic N) is 2. The summed E-state index contributed by atoms with van der Waals surface area (Å²) in [5, 5.41) is 21.5. The van der Waals surface area contributed by atoms with Gasteiger partial charge in [0.15, 0.2) is 0 Å². The van der Waals surface area contributed by atoms with Crippen molar-refractivity contribution >= 4 is 23.2 Å². The van der Waals surface area contributed by atoms with E-state index in [9.17, 15) is 14.9 Å². The number of carbonyl (C=O) groups excluding carboxylic acids is 1. The first-order valence-electron chi connectivity index (χ1n) is 4.60. The quantitative estimate of drug-likeness (QED) is 0.657. The summed E-state index contributed by atoms with van der Waals surface area (Å²) in [7, 11) is 0. The average molecular weight is 254 g/mol. The second-order valence-electron chi connectivity index (χ2n) is 3.25. The largest absolute Gasteiger partial charge is 0.337 e. The summed E-state index contributed by atoms with van der Waals surface area (Å²) in [5.41, 5.74) is -0.257. The smallest absolute Gasteiger partial charge is 0.288 e. The predicted octanol–water partition coefficient (Wildman–Crippen LogP) is 1.89. The number of amides is 1. The van der Waals surface area contributed by atoms with E-state index in [4.69, 9.17) is 16.9 Å². The highest BCUT2D eigenvalue weighted by molar-refractivity contribution is 6.32. The summed E-state index contributed by atoms with van der Waals surface area (Å²) in [6, 6.07) is 4.85. The van der Waals surface area contributed by atoms with Gasteiger partial charge in [0, 0.05) is 11.6 Å². The van der Waals surface area contributed by atoms with Gasteiger partial charge in [-0.25, -0.2) is 0 Å². The van der Waals surface area contributed by atoms with Crippen LogP contribution in [0.4, 0.5) is 5.69 Å². The number of nitro benzene ring substituents is 1. The van der Waals surface area contributed by atoms with Crippen LogP contribution in [0.15, 0.2) is 18.2 Å². The summed E-state index contributed by atoms with van der Waals surface area (Å²) >= 11 is 5.60. The van der Waals surface area contributed by atoms with Crippen LogP contribution in [0.5, 0.6) is 0 Å². The minimum absolute atomic E-state index is 0.0418. The van der Waals surface area contributed by atoms with Gasteiger partial charge in [-0.1, -0.05) is 11.6 Å². The van der Waals surface area contributed by atoms with E-state index >= 15 is 0 Å². The van der Waals surface area contributed by atoms with Crippen molar-refractivity contribution in [3.8, 4) is 6.07 Å². The fourth-order valence-corrected chi connectivity index (χ4v) is 1.29. The molecule has 0 radical (unpaired) electrons. The third kappa shape index (κ3) is 3.16. The Hall–Kier alpha value is -2.13. The Morgan fingerprint density at radius 1 is 1.65 bits per heavy atom. The fourth-order valence-electron chi connectivity index (χ4n) is 1.11. The molecule has 0 saturated carbocycles. The highest BCUT2D eigenvalue weighted by Gasteiger charge is 2.17. The van der Waals surface area contributed by atoms with E-state index < -0.39 is 16.9 Å². The number of carbonyl (C=O) groups is 1. The molecule has 1 rings (SSSR count). The zero-order valence-corrected chi connectivity index (χ0v) is 9.56. The molecule has 0 aromatic heterocycles. The van der Waals surface area contributed by atoms with Crippen molar-refractivity contribution in [1.29, 1.82) is 5.26 Å². The van der Waals surface area contributed by atoms with Crippen LogP contribution in [0.2, 0.25) is 5.02 Å². The van der Waals surface area contributed by atoms with Crippen molar-refractivity contribution in [3.05, 3.63) is 38.9 Å². The summed E-state index contributed by atoms with van der Waals surface area (Å²) in [5.74, 6) is -0.557. The Balaban J connectivity index is 3.01. The molecular formula is C10H8ClN3O3. The summed E-state index contributed by atoms with van der Waals surface area (Å²) in [4.78, 5) is 21.5. The van der Waals surface area contributed by atoms with E-state index in [-0.39, 0.29) is 16.3 Å². The van der Waals surface area contributed by atoms with Gasteiger partial charge in [-0.05, 0) is 19.1 Å². The average Bonchev–Trinajstić information content (AvgIpc) is 2.28. The number of nitriles is 1. The molecule has 1 unspecified atom stereocenters. The van der Waals surface area contributed by atoms with Crippen molar-refractivity contribution in [3.63, 3.8) is 0 Å². The van der Waals surface area contributed by atoms with Crippen molar-refractivity contribution in [2.45, 2.75) is 13.0 Å². The molecule has 88 valence electrons. The van der Waals surface area contributed by atoms with Gasteiger partial charge < -0.3 is 5.32 Å². The van der Waals surface area contributed by atoms with Gasteiger partial charge in [-0.15, -0.1) is 0 Å². The third-order valence-electron chi connectivity index (χ3n) is 1.95. The molecule has 0 spiro atoms. The number of halogens is 1. The molecule has 1 aromatic carbocycles. The maximum absolute atomic E-state index is 11.6. The Kier molecular flexibility index (Phi) is 4.01. The molecular weight excluding hydrogens is 246 g/mol. The fraction of sp³-hybridized carbons (Fsp3) is 0.200. The summed E-state index contributed by atoms with van der Waals surface area (Å²) in [6.07, 6.45) is 0. The van der Waals surface area contributed by atoms with E-state index in [0.717, 1.165) is 6.07 Å². The van der Waals surface area contributed by atoms with Crippen LogP contribution in [-0.4, -0.2) is 16.9 Å². The van der Waals surface area contributed by atoms with Crippen LogP contribution in [0.1, 0.15) is 17.3 Å². The minimum atomic E-state index is -0.674. The van der Waals surface area contributed by atoms with Gasteiger partial charge in [-0.3, -0.25) is 14.9 Å². The number of hydrogen-bond donors (Lipinski definition) is 1. The molecule has 1 amide bonds.